The molecule has 0 spiro atoms. The molecule has 0 aliphatic rings. The van der Waals surface area contributed by atoms with Gasteiger partial charge >= 0.3 is 0 Å². The number of alkyl halides is 1. The fraction of sp³-hybridized carbons (Fsp3) is 0.357. The van der Waals surface area contributed by atoms with Crippen LogP contribution in [0.1, 0.15) is 22.4 Å². The summed E-state index contributed by atoms with van der Waals surface area (Å²) in [6.45, 7) is 4.28. The molecule has 0 saturated heterocycles. The first-order chi connectivity index (χ1) is 8.61. The summed E-state index contributed by atoms with van der Waals surface area (Å²) in [7, 11) is 2.01. The van der Waals surface area contributed by atoms with Crippen molar-refractivity contribution in [1.82, 2.24) is 9.55 Å². The molecule has 2 nitrogen and oxygen atoms in total. The van der Waals surface area contributed by atoms with E-state index in [0.29, 0.717) is 5.88 Å². The van der Waals surface area contributed by atoms with E-state index >= 15 is 0 Å². The molecule has 1 aromatic heterocycles. The zero-order valence-electron chi connectivity index (χ0n) is 10.9. The summed E-state index contributed by atoms with van der Waals surface area (Å²) in [5.74, 6) is 1.45. The van der Waals surface area contributed by atoms with Crippen LogP contribution >= 0.6 is 23.4 Å². The van der Waals surface area contributed by atoms with E-state index in [9.17, 15) is 0 Å². The van der Waals surface area contributed by atoms with Gasteiger partial charge in [0.2, 0.25) is 0 Å². The molecule has 0 bridgehead atoms. The van der Waals surface area contributed by atoms with Crippen LogP contribution in [0.4, 0.5) is 0 Å². The van der Waals surface area contributed by atoms with E-state index in [1.807, 2.05) is 13.2 Å². The molecule has 0 saturated carbocycles. The average Bonchev–Trinajstić information content (AvgIpc) is 2.71. The monoisotopic (exact) mass is 280 g/mol. The van der Waals surface area contributed by atoms with Crippen LogP contribution in [-0.4, -0.2) is 9.55 Å². The lowest BCUT2D eigenvalue weighted by Gasteiger charge is -2.07. The molecule has 0 unspecified atom stereocenters. The van der Waals surface area contributed by atoms with Crippen molar-refractivity contribution in [2.75, 3.05) is 0 Å². The Labute approximate surface area is 117 Å². The molecule has 0 aliphatic carbocycles. The molecule has 1 aromatic carbocycles. The summed E-state index contributed by atoms with van der Waals surface area (Å²) in [6.07, 6.45) is 1.85. The minimum Gasteiger partial charge on any atom is -0.325 e. The van der Waals surface area contributed by atoms with Crippen molar-refractivity contribution in [2.45, 2.75) is 30.6 Å². The molecular weight excluding hydrogens is 264 g/mol. The Balaban J connectivity index is 2.11. The smallest absolute Gasteiger partial charge is 0.168 e. The molecule has 1 heterocycles. The van der Waals surface area contributed by atoms with Crippen molar-refractivity contribution in [2.24, 2.45) is 7.05 Å². The topological polar surface area (TPSA) is 17.8 Å². The first-order valence-electron chi connectivity index (χ1n) is 5.87. The van der Waals surface area contributed by atoms with Crippen LogP contribution in [0.15, 0.2) is 29.6 Å². The number of aromatic nitrogens is 2. The second kappa shape index (κ2) is 5.81. The number of halogens is 1. The Morgan fingerprint density at radius 3 is 2.78 bits per heavy atom. The third kappa shape index (κ3) is 2.90. The number of aryl methyl sites for hydroxylation is 2. The maximum absolute atomic E-state index is 5.84. The van der Waals surface area contributed by atoms with Crippen LogP contribution < -0.4 is 0 Å². The highest BCUT2D eigenvalue weighted by Gasteiger charge is 2.07. The van der Waals surface area contributed by atoms with Gasteiger partial charge in [0.05, 0.1) is 17.8 Å². The van der Waals surface area contributed by atoms with Crippen molar-refractivity contribution in [3.63, 3.8) is 0 Å². The molecule has 2 aromatic rings. The predicted octanol–water partition coefficient (Wildman–Crippen LogP) is 4.07. The Morgan fingerprint density at radius 1 is 1.33 bits per heavy atom. The lowest BCUT2D eigenvalue weighted by atomic mass is 10.1. The molecule has 2 rings (SSSR count). The van der Waals surface area contributed by atoms with Gasteiger partial charge in [-0.15, -0.1) is 11.6 Å². The second-order valence-corrected chi connectivity index (χ2v) is 5.65. The minimum absolute atomic E-state index is 0.507. The Hall–Kier alpha value is -0.930. The number of benzene rings is 1. The number of thioether (sulfide) groups is 1. The number of imidazole rings is 1. The van der Waals surface area contributed by atoms with Gasteiger partial charge in [0.25, 0.3) is 0 Å². The quantitative estimate of drug-likeness (QED) is 0.621. The molecule has 0 aliphatic heterocycles. The van der Waals surface area contributed by atoms with Gasteiger partial charge in [0, 0.05) is 12.8 Å². The summed E-state index contributed by atoms with van der Waals surface area (Å²) >= 11 is 7.59. The third-order valence-corrected chi connectivity index (χ3v) is 4.41. The second-order valence-electron chi connectivity index (χ2n) is 4.44. The van der Waals surface area contributed by atoms with Crippen LogP contribution in [-0.2, 0) is 18.7 Å². The molecule has 0 N–H and O–H groups in total. The molecule has 96 valence electrons. The highest BCUT2D eigenvalue weighted by Crippen LogP contribution is 2.24. The van der Waals surface area contributed by atoms with Gasteiger partial charge in [-0.1, -0.05) is 35.5 Å². The summed E-state index contributed by atoms with van der Waals surface area (Å²) in [4.78, 5) is 4.40. The predicted molar refractivity (Wildman–Crippen MR) is 78.2 cm³/mol. The fourth-order valence-corrected chi connectivity index (χ4v) is 3.06. The average molecular weight is 281 g/mol. The maximum atomic E-state index is 5.84. The lowest BCUT2D eigenvalue weighted by molar-refractivity contribution is 0.761. The summed E-state index contributed by atoms with van der Waals surface area (Å²) in [6, 6.07) is 6.57. The zero-order chi connectivity index (χ0) is 13.1. The van der Waals surface area contributed by atoms with E-state index in [-0.39, 0.29) is 0 Å². The Bertz CT molecular complexity index is 549. The fourth-order valence-electron chi connectivity index (χ4n) is 1.78. The summed E-state index contributed by atoms with van der Waals surface area (Å²) in [5.41, 5.74) is 5.06. The number of hydrogen-bond donors (Lipinski definition) is 0. The largest absolute Gasteiger partial charge is 0.325 e. The van der Waals surface area contributed by atoms with Crippen molar-refractivity contribution in [3.05, 3.63) is 46.8 Å². The van der Waals surface area contributed by atoms with E-state index in [2.05, 4.69) is 41.6 Å². The van der Waals surface area contributed by atoms with E-state index in [4.69, 9.17) is 11.6 Å². The number of hydrogen-bond acceptors (Lipinski definition) is 2. The van der Waals surface area contributed by atoms with E-state index in [1.165, 1.54) is 16.7 Å². The molecule has 0 fully saturated rings. The van der Waals surface area contributed by atoms with Crippen LogP contribution in [0.2, 0.25) is 0 Å². The van der Waals surface area contributed by atoms with Gasteiger partial charge in [-0.2, -0.15) is 0 Å². The molecule has 0 radical (unpaired) electrons. The lowest BCUT2D eigenvalue weighted by Crippen LogP contribution is -1.96. The first kappa shape index (κ1) is 13.5. The van der Waals surface area contributed by atoms with Crippen molar-refractivity contribution in [1.29, 1.82) is 0 Å². The first-order valence-corrected chi connectivity index (χ1v) is 7.39. The zero-order valence-corrected chi connectivity index (χ0v) is 12.5. The summed E-state index contributed by atoms with van der Waals surface area (Å²) < 4.78 is 2.06. The number of nitrogens with zero attached hydrogens (tertiary/aromatic N) is 2. The standard InChI is InChI=1S/C14H17ClN2S/c1-10-4-5-11(2)12(6-10)9-18-14-16-8-13(7-15)17(14)3/h4-6,8H,7,9H2,1-3H3. The van der Waals surface area contributed by atoms with Crippen LogP contribution in [0.3, 0.4) is 0 Å². The van der Waals surface area contributed by atoms with Gasteiger partial charge in [-0.3, -0.25) is 0 Å². The third-order valence-electron chi connectivity index (χ3n) is 3.04. The summed E-state index contributed by atoms with van der Waals surface area (Å²) in [5, 5.41) is 1.02. The van der Waals surface area contributed by atoms with Gasteiger partial charge in [-0.05, 0) is 25.0 Å². The molecule has 4 heteroatoms. The Kier molecular flexibility index (Phi) is 4.36. The molecule has 0 amide bonds. The molecule has 18 heavy (non-hydrogen) atoms. The highest BCUT2D eigenvalue weighted by atomic mass is 35.5. The van der Waals surface area contributed by atoms with Crippen LogP contribution in [0.5, 0.6) is 0 Å². The van der Waals surface area contributed by atoms with E-state index in [1.54, 1.807) is 11.8 Å². The maximum Gasteiger partial charge on any atom is 0.168 e. The normalized spacial score (nSPS) is 10.9. The van der Waals surface area contributed by atoms with E-state index in [0.717, 1.165) is 16.6 Å². The minimum atomic E-state index is 0.507. The van der Waals surface area contributed by atoms with E-state index < -0.39 is 0 Å². The van der Waals surface area contributed by atoms with Crippen LogP contribution in [0.25, 0.3) is 0 Å². The van der Waals surface area contributed by atoms with Gasteiger partial charge in [0.1, 0.15) is 0 Å². The Morgan fingerprint density at radius 2 is 2.11 bits per heavy atom. The van der Waals surface area contributed by atoms with Crippen molar-refractivity contribution < 1.29 is 0 Å². The molecule has 0 atom stereocenters. The number of rotatable bonds is 4. The highest BCUT2D eigenvalue weighted by molar-refractivity contribution is 7.98. The SMILES string of the molecule is Cc1ccc(C)c(CSc2ncc(CCl)n2C)c1. The van der Waals surface area contributed by atoms with Crippen molar-refractivity contribution >= 4 is 23.4 Å². The molecular formula is C14H17ClN2S. The van der Waals surface area contributed by atoms with Crippen molar-refractivity contribution in [3.8, 4) is 0 Å². The van der Waals surface area contributed by atoms with Gasteiger partial charge in [-0.25, -0.2) is 4.98 Å². The van der Waals surface area contributed by atoms with Crippen LogP contribution in [0, 0.1) is 13.8 Å². The van der Waals surface area contributed by atoms with Gasteiger partial charge < -0.3 is 4.57 Å². The van der Waals surface area contributed by atoms with Gasteiger partial charge in [0.15, 0.2) is 5.16 Å².